The van der Waals surface area contributed by atoms with Crippen LogP contribution in [0, 0.1) is 11.3 Å². The first-order chi connectivity index (χ1) is 5.20. The highest BCUT2D eigenvalue weighted by Gasteiger charge is 2.03. The Morgan fingerprint density at radius 1 is 1.64 bits per heavy atom. The molecule has 3 heteroatoms. The Hall–Kier alpha value is -0.590. The molecule has 0 aromatic heterocycles. The molecule has 2 unspecified atom stereocenters. The zero-order valence-corrected chi connectivity index (χ0v) is 7.17. The number of hydrogen-bond acceptors (Lipinski definition) is 3. The van der Waals surface area contributed by atoms with Gasteiger partial charge in [0.1, 0.15) is 0 Å². The third kappa shape index (κ3) is 5.84. The van der Waals surface area contributed by atoms with Crippen molar-refractivity contribution in [3.8, 4) is 6.07 Å². The molecule has 0 aliphatic rings. The Balaban J connectivity index is 3.31. The SMILES string of the molecule is CCC(O)CNC(C)CC#N. The minimum absolute atomic E-state index is 0.182. The fourth-order valence-electron chi connectivity index (χ4n) is 0.691. The van der Waals surface area contributed by atoms with Crippen LogP contribution in [0.5, 0.6) is 0 Å². The summed E-state index contributed by atoms with van der Waals surface area (Å²) < 4.78 is 0. The van der Waals surface area contributed by atoms with E-state index >= 15 is 0 Å². The maximum Gasteiger partial charge on any atom is 0.0662 e. The minimum Gasteiger partial charge on any atom is -0.392 e. The van der Waals surface area contributed by atoms with Crippen LogP contribution in [0.2, 0.25) is 0 Å². The van der Waals surface area contributed by atoms with Gasteiger partial charge in [-0.2, -0.15) is 5.26 Å². The van der Waals surface area contributed by atoms with Crippen molar-refractivity contribution in [1.29, 1.82) is 5.26 Å². The van der Waals surface area contributed by atoms with E-state index in [2.05, 4.69) is 11.4 Å². The standard InChI is InChI=1S/C8H16N2O/c1-3-8(11)6-10-7(2)4-5-9/h7-8,10-11H,3-4,6H2,1-2H3. The van der Waals surface area contributed by atoms with Gasteiger partial charge in [-0.3, -0.25) is 0 Å². The van der Waals surface area contributed by atoms with E-state index in [0.29, 0.717) is 13.0 Å². The molecule has 0 aromatic rings. The van der Waals surface area contributed by atoms with Gasteiger partial charge in [-0.15, -0.1) is 0 Å². The summed E-state index contributed by atoms with van der Waals surface area (Å²) in [6.45, 7) is 4.45. The lowest BCUT2D eigenvalue weighted by atomic mass is 10.2. The molecule has 0 amide bonds. The monoisotopic (exact) mass is 156 g/mol. The van der Waals surface area contributed by atoms with Crippen molar-refractivity contribution in [3.05, 3.63) is 0 Å². The largest absolute Gasteiger partial charge is 0.392 e. The third-order valence-corrected chi connectivity index (χ3v) is 1.57. The Morgan fingerprint density at radius 3 is 2.73 bits per heavy atom. The molecule has 0 radical (unpaired) electrons. The van der Waals surface area contributed by atoms with Gasteiger partial charge in [-0.1, -0.05) is 6.92 Å². The summed E-state index contributed by atoms with van der Waals surface area (Å²) in [7, 11) is 0. The number of nitrogens with zero attached hydrogens (tertiary/aromatic N) is 1. The van der Waals surface area contributed by atoms with Crippen LogP contribution in [0.3, 0.4) is 0 Å². The normalized spacial score (nSPS) is 15.5. The first-order valence-electron chi connectivity index (χ1n) is 3.99. The highest BCUT2D eigenvalue weighted by Crippen LogP contribution is 1.91. The molecule has 0 heterocycles. The van der Waals surface area contributed by atoms with Crippen molar-refractivity contribution in [3.63, 3.8) is 0 Å². The molecule has 0 fully saturated rings. The summed E-state index contributed by atoms with van der Waals surface area (Å²) in [5.74, 6) is 0. The summed E-state index contributed by atoms with van der Waals surface area (Å²) in [6.07, 6.45) is 0.971. The molecule has 2 atom stereocenters. The molecule has 2 N–H and O–H groups in total. The Morgan fingerprint density at radius 2 is 2.27 bits per heavy atom. The van der Waals surface area contributed by atoms with Crippen molar-refractivity contribution < 1.29 is 5.11 Å². The van der Waals surface area contributed by atoms with E-state index < -0.39 is 0 Å². The molecule has 0 saturated heterocycles. The molecule has 11 heavy (non-hydrogen) atoms. The molecular weight excluding hydrogens is 140 g/mol. The summed E-state index contributed by atoms with van der Waals surface area (Å²) in [6, 6.07) is 2.25. The molecule has 0 bridgehead atoms. The Bertz CT molecular complexity index is 131. The molecule has 0 aliphatic heterocycles. The average Bonchev–Trinajstić information content (AvgIpc) is 2.01. The lowest BCUT2D eigenvalue weighted by Crippen LogP contribution is -2.33. The van der Waals surface area contributed by atoms with E-state index in [9.17, 15) is 0 Å². The average molecular weight is 156 g/mol. The van der Waals surface area contributed by atoms with Crippen LogP contribution in [0.25, 0.3) is 0 Å². The van der Waals surface area contributed by atoms with Gasteiger partial charge in [-0.05, 0) is 13.3 Å². The second-order valence-electron chi connectivity index (χ2n) is 2.73. The van der Waals surface area contributed by atoms with Crippen LogP contribution in [0.1, 0.15) is 26.7 Å². The van der Waals surface area contributed by atoms with Gasteiger partial charge in [0.2, 0.25) is 0 Å². The fraction of sp³-hybridized carbons (Fsp3) is 0.875. The molecule has 0 rings (SSSR count). The lowest BCUT2D eigenvalue weighted by Gasteiger charge is -2.12. The van der Waals surface area contributed by atoms with E-state index in [-0.39, 0.29) is 12.1 Å². The zero-order chi connectivity index (χ0) is 8.69. The van der Waals surface area contributed by atoms with E-state index in [1.54, 1.807) is 0 Å². The maximum absolute atomic E-state index is 9.13. The van der Waals surface area contributed by atoms with Crippen molar-refractivity contribution in [1.82, 2.24) is 5.32 Å². The smallest absolute Gasteiger partial charge is 0.0662 e. The number of hydrogen-bond donors (Lipinski definition) is 2. The minimum atomic E-state index is -0.281. The number of aliphatic hydroxyl groups excluding tert-OH is 1. The van der Waals surface area contributed by atoms with Gasteiger partial charge in [0.15, 0.2) is 0 Å². The Kier molecular flexibility index (Phi) is 5.81. The van der Waals surface area contributed by atoms with Crippen LogP contribution in [-0.4, -0.2) is 23.8 Å². The highest BCUT2D eigenvalue weighted by molar-refractivity contribution is 4.77. The molecule has 3 nitrogen and oxygen atoms in total. The number of aliphatic hydroxyl groups is 1. The predicted octanol–water partition coefficient (Wildman–Crippen LogP) is 0.649. The highest BCUT2D eigenvalue weighted by atomic mass is 16.3. The van der Waals surface area contributed by atoms with E-state index in [4.69, 9.17) is 10.4 Å². The third-order valence-electron chi connectivity index (χ3n) is 1.57. The molecular formula is C8H16N2O. The molecule has 0 spiro atoms. The Labute approximate surface area is 68.0 Å². The van der Waals surface area contributed by atoms with Crippen LogP contribution >= 0.6 is 0 Å². The van der Waals surface area contributed by atoms with E-state index in [1.807, 2.05) is 13.8 Å². The van der Waals surface area contributed by atoms with Crippen molar-refractivity contribution in [2.24, 2.45) is 0 Å². The van der Waals surface area contributed by atoms with Gasteiger partial charge in [0.05, 0.1) is 18.6 Å². The van der Waals surface area contributed by atoms with Crippen molar-refractivity contribution in [2.75, 3.05) is 6.54 Å². The molecule has 0 saturated carbocycles. The quantitative estimate of drug-likeness (QED) is 0.614. The second-order valence-corrected chi connectivity index (χ2v) is 2.73. The van der Waals surface area contributed by atoms with Crippen LogP contribution in [0.4, 0.5) is 0 Å². The topological polar surface area (TPSA) is 56.0 Å². The van der Waals surface area contributed by atoms with Crippen LogP contribution < -0.4 is 5.32 Å². The second kappa shape index (κ2) is 6.14. The van der Waals surface area contributed by atoms with Gasteiger partial charge in [0.25, 0.3) is 0 Å². The summed E-state index contributed by atoms with van der Waals surface area (Å²) in [5.41, 5.74) is 0. The summed E-state index contributed by atoms with van der Waals surface area (Å²) >= 11 is 0. The maximum atomic E-state index is 9.13. The first-order valence-corrected chi connectivity index (χ1v) is 3.99. The fourth-order valence-corrected chi connectivity index (χ4v) is 0.691. The molecule has 0 aromatic carbocycles. The van der Waals surface area contributed by atoms with Gasteiger partial charge < -0.3 is 10.4 Å². The van der Waals surface area contributed by atoms with E-state index in [1.165, 1.54) is 0 Å². The molecule has 64 valence electrons. The molecule has 0 aliphatic carbocycles. The van der Waals surface area contributed by atoms with Crippen LogP contribution in [-0.2, 0) is 0 Å². The lowest BCUT2D eigenvalue weighted by molar-refractivity contribution is 0.164. The summed E-state index contributed by atoms with van der Waals surface area (Å²) in [4.78, 5) is 0. The van der Waals surface area contributed by atoms with Crippen LogP contribution in [0.15, 0.2) is 0 Å². The van der Waals surface area contributed by atoms with Crippen molar-refractivity contribution in [2.45, 2.75) is 38.8 Å². The van der Waals surface area contributed by atoms with Gasteiger partial charge in [-0.25, -0.2) is 0 Å². The number of nitrogens with one attached hydrogen (secondary N) is 1. The van der Waals surface area contributed by atoms with E-state index in [0.717, 1.165) is 6.42 Å². The number of rotatable bonds is 5. The van der Waals surface area contributed by atoms with Crippen molar-refractivity contribution >= 4 is 0 Å². The summed E-state index contributed by atoms with van der Waals surface area (Å²) in [5, 5.41) is 20.5. The first kappa shape index (κ1) is 10.4. The zero-order valence-electron chi connectivity index (χ0n) is 7.17. The van der Waals surface area contributed by atoms with Gasteiger partial charge >= 0.3 is 0 Å². The van der Waals surface area contributed by atoms with Gasteiger partial charge in [0, 0.05) is 12.6 Å². The predicted molar refractivity (Wildman–Crippen MR) is 44.0 cm³/mol. The number of nitriles is 1.